The van der Waals surface area contributed by atoms with Crippen molar-refractivity contribution in [1.29, 1.82) is 0 Å². The van der Waals surface area contributed by atoms with Gasteiger partial charge < -0.3 is 5.11 Å². The van der Waals surface area contributed by atoms with Crippen LogP contribution in [0.4, 0.5) is 0 Å². The summed E-state index contributed by atoms with van der Waals surface area (Å²) in [7, 11) is -2.91. The fourth-order valence-corrected chi connectivity index (χ4v) is 1.89. The third-order valence-electron chi connectivity index (χ3n) is 1.93. The molecule has 0 fully saturated rings. The van der Waals surface area contributed by atoms with Gasteiger partial charge in [-0.3, -0.25) is 0 Å². The molecule has 1 unspecified atom stereocenters. The van der Waals surface area contributed by atoms with Gasteiger partial charge in [0.1, 0.15) is 0 Å². The lowest BCUT2D eigenvalue weighted by atomic mass is 10.1. The second kappa shape index (κ2) is 4.82. The first-order valence-electron chi connectivity index (χ1n) is 4.22. The molecule has 1 atom stereocenters. The number of rotatable bonds is 5. The van der Waals surface area contributed by atoms with Crippen molar-refractivity contribution in [2.45, 2.75) is 32.4 Å². The number of hydrogen-bond donors (Lipinski definition) is 1. The molecule has 0 aliphatic carbocycles. The summed E-state index contributed by atoms with van der Waals surface area (Å²) in [6.45, 7) is 5.27. The van der Waals surface area contributed by atoms with Crippen LogP contribution in [0.3, 0.4) is 0 Å². The molecule has 0 heterocycles. The van der Waals surface area contributed by atoms with Crippen LogP contribution in [0.25, 0.3) is 0 Å². The first-order valence-corrected chi connectivity index (χ1v) is 5.94. The highest BCUT2D eigenvalue weighted by molar-refractivity contribution is 7.91. The van der Waals surface area contributed by atoms with Gasteiger partial charge in [-0.2, -0.15) is 0 Å². The average Bonchev–Trinajstić information content (AvgIpc) is 2.00. The quantitative estimate of drug-likeness (QED) is 0.705. The second-order valence-corrected chi connectivity index (χ2v) is 6.17. The molecule has 0 rings (SSSR count). The normalized spacial score (nSPS) is 15.1. The number of hydrogen-bond acceptors (Lipinski definition) is 3. The molecule has 74 valence electrons. The van der Waals surface area contributed by atoms with Gasteiger partial charge in [-0.05, 0) is 26.2 Å². The molecule has 0 spiro atoms. The molecule has 0 bridgehead atoms. The van der Waals surface area contributed by atoms with Gasteiger partial charge >= 0.3 is 0 Å². The Bertz CT molecular complexity index is 206. The molecule has 0 aliphatic heterocycles. The van der Waals surface area contributed by atoms with Crippen LogP contribution >= 0.6 is 0 Å². The lowest BCUT2D eigenvalue weighted by molar-refractivity contribution is 0.234. The summed E-state index contributed by atoms with van der Waals surface area (Å²) in [5, 5.41) is 8.37. The van der Waals surface area contributed by atoms with Crippen LogP contribution in [-0.2, 0) is 9.84 Å². The van der Waals surface area contributed by atoms with Crippen molar-refractivity contribution in [3.8, 4) is 0 Å². The predicted octanol–water partition coefficient (Wildman–Crippen LogP) is 0.828. The molecule has 0 amide bonds. The molecule has 0 aliphatic rings. The molecule has 0 aromatic rings. The smallest absolute Gasteiger partial charge is 0.152 e. The predicted molar refractivity (Wildman–Crippen MR) is 49.8 cm³/mol. The maximum absolute atomic E-state index is 11.3. The Labute approximate surface area is 74.7 Å². The van der Waals surface area contributed by atoms with E-state index in [1.54, 1.807) is 13.8 Å². The van der Waals surface area contributed by atoms with Crippen LogP contribution < -0.4 is 0 Å². The number of aliphatic hydroxyl groups is 1. The summed E-state index contributed by atoms with van der Waals surface area (Å²) in [5.41, 5.74) is 0. The van der Waals surface area contributed by atoms with Gasteiger partial charge in [0.2, 0.25) is 0 Å². The van der Waals surface area contributed by atoms with Crippen LogP contribution in [0.1, 0.15) is 27.2 Å². The maximum atomic E-state index is 11.3. The van der Waals surface area contributed by atoms with E-state index in [0.717, 1.165) is 0 Å². The second-order valence-electron chi connectivity index (χ2n) is 3.49. The molecule has 0 radical (unpaired) electrons. The molecule has 1 N–H and O–H groups in total. The van der Waals surface area contributed by atoms with Gasteiger partial charge in [0, 0.05) is 6.61 Å². The number of sulfone groups is 1. The van der Waals surface area contributed by atoms with Gasteiger partial charge in [-0.1, -0.05) is 6.92 Å². The van der Waals surface area contributed by atoms with Gasteiger partial charge in [-0.15, -0.1) is 0 Å². The summed E-state index contributed by atoms with van der Waals surface area (Å²) < 4.78 is 22.5. The van der Waals surface area contributed by atoms with E-state index in [2.05, 4.69) is 0 Å². The minimum atomic E-state index is -2.91. The molecular formula is C8H18O3S. The summed E-state index contributed by atoms with van der Waals surface area (Å²) in [4.78, 5) is 0. The number of aliphatic hydroxyl groups excluding tert-OH is 1. The van der Waals surface area contributed by atoms with Crippen molar-refractivity contribution in [3.05, 3.63) is 0 Å². The van der Waals surface area contributed by atoms with Gasteiger partial charge in [0.05, 0.1) is 11.0 Å². The van der Waals surface area contributed by atoms with Crippen molar-refractivity contribution in [2.24, 2.45) is 5.92 Å². The van der Waals surface area contributed by atoms with Crippen molar-refractivity contribution < 1.29 is 13.5 Å². The van der Waals surface area contributed by atoms with Crippen molar-refractivity contribution in [2.75, 3.05) is 12.4 Å². The Morgan fingerprint density at radius 1 is 1.25 bits per heavy atom. The summed E-state index contributed by atoms with van der Waals surface area (Å²) in [5.74, 6) is 0.269. The molecule has 0 saturated heterocycles. The Kier molecular flexibility index (Phi) is 4.78. The standard InChI is InChI=1S/C8H18O3S/c1-7(2)12(10,11)5-4-8(3)6-9/h7-9H,4-6H2,1-3H3. The van der Waals surface area contributed by atoms with E-state index in [0.29, 0.717) is 6.42 Å². The van der Waals surface area contributed by atoms with Gasteiger partial charge in [-0.25, -0.2) is 8.42 Å². The zero-order valence-electron chi connectivity index (χ0n) is 7.95. The van der Waals surface area contributed by atoms with Crippen molar-refractivity contribution in [3.63, 3.8) is 0 Å². The lowest BCUT2D eigenvalue weighted by Crippen LogP contribution is -2.19. The SMILES string of the molecule is CC(CO)CCS(=O)(=O)C(C)C. The fourth-order valence-electron chi connectivity index (χ4n) is 0.692. The average molecular weight is 194 g/mol. The highest BCUT2D eigenvalue weighted by Crippen LogP contribution is 2.07. The zero-order valence-corrected chi connectivity index (χ0v) is 8.76. The summed E-state index contributed by atoms with van der Waals surface area (Å²) in [6, 6.07) is 0. The molecule has 0 saturated carbocycles. The molecular weight excluding hydrogens is 176 g/mol. The zero-order chi connectivity index (χ0) is 9.78. The van der Waals surface area contributed by atoms with E-state index in [1.807, 2.05) is 6.92 Å². The molecule has 0 aromatic carbocycles. The lowest BCUT2D eigenvalue weighted by Gasteiger charge is -2.10. The minimum Gasteiger partial charge on any atom is -0.396 e. The van der Waals surface area contributed by atoms with E-state index in [-0.39, 0.29) is 23.5 Å². The van der Waals surface area contributed by atoms with Crippen LogP contribution in [0.5, 0.6) is 0 Å². The Morgan fingerprint density at radius 2 is 1.75 bits per heavy atom. The monoisotopic (exact) mass is 194 g/mol. The maximum Gasteiger partial charge on any atom is 0.152 e. The van der Waals surface area contributed by atoms with Crippen LogP contribution in [0, 0.1) is 5.92 Å². The molecule has 3 nitrogen and oxygen atoms in total. The van der Waals surface area contributed by atoms with E-state index in [1.165, 1.54) is 0 Å². The van der Waals surface area contributed by atoms with Crippen LogP contribution in [-0.4, -0.2) is 31.1 Å². The Balaban J connectivity index is 3.94. The van der Waals surface area contributed by atoms with Gasteiger partial charge in [0.15, 0.2) is 9.84 Å². The summed E-state index contributed by atoms with van der Waals surface area (Å²) in [6.07, 6.45) is 0.553. The summed E-state index contributed by atoms with van der Waals surface area (Å²) >= 11 is 0. The first kappa shape index (κ1) is 11.9. The molecule has 0 aromatic heterocycles. The largest absolute Gasteiger partial charge is 0.396 e. The third-order valence-corrected chi connectivity index (χ3v) is 4.17. The molecule has 12 heavy (non-hydrogen) atoms. The highest BCUT2D eigenvalue weighted by Gasteiger charge is 2.16. The Morgan fingerprint density at radius 3 is 2.08 bits per heavy atom. The first-order chi connectivity index (χ1) is 5.40. The van der Waals surface area contributed by atoms with E-state index in [4.69, 9.17) is 5.11 Å². The third kappa shape index (κ3) is 4.07. The molecule has 4 heteroatoms. The fraction of sp³-hybridized carbons (Fsp3) is 1.00. The van der Waals surface area contributed by atoms with E-state index >= 15 is 0 Å². The van der Waals surface area contributed by atoms with E-state index in [9.17, 15) is 8.42 Å². The van der Waals surface area contributed by atoms with Crippen LogP contribution in [0.2, 0.25) is 0 Å². The van der Waals surface area contributed by atoms with Crippen molar-refractivity contribution in [1.82, 2.24) is 0 Å². The van der Waals surface area contributed by atoms with Crippen LogP contribution in [0.15, 0.2) is 0 Å². The Hall–Kier alpha value is -0.0900. The van der Waals surface area contributed by atoms with E-state index < -0.39 is 9.84 Å². The minimum absolute atomic E-state index is 0.0631. The topological polar surface area (TPSA) is 54.4 Å². The van der Waals surface area contributed by atoms with Crippen molar-refractivity contribution >= 4 is 9.84 Å². The van der Waals surface area contributed by atoms with Gasteiger partial charge in [0.25, 0.3) is 0 Å². The highest BCUT2D eigenvalue weighted by atomic mass is 32.2.